The summed E-state index contributed by atoms with van der Waals surface area (Å²) in [7, 11) is 0. The second kappa shape index (κ2) is 4.72. The summed E-state index contributed by atoms with van der Waals surface area (Å²) >= 11 is 5.77. The Labute approximate surface area is 102 Å². The summed E-state index contributed by atoms with van der Waals surface area (Å²) in [6, 6.07) is 4.23. The van der Waals surface area contributed by atoms with Crippen LogP contribution in [0.15, 0.2) is 18.3 Å². The molecule has 1 aliphatic rings. The minimum atomic E-state index is 0.349. The average Bonchev–Trinajstić information content (AvgIpc) is 2.24. The van der Waals surface area contributed by atoms with Crippen molar-refractivity contribution in [1.82, 2.24) is 10.3 Å². The van der Waals surface area contributed by atoms with E-state index in [1.807, 2.05) is 18.3 Å². The van der Waals surface area contributed by atoms with Crippen molar-refractivity contribution in [3.63, 3.8) is 0 Å². The maximum absolute atomic E-state index is 5.77. The lowest BCUT2D eigenvalue weighted by Crippen LogP contribution is -2.38. The molecule has 1 aliphatic carbocycles. The maximum atomic E-state index is 5.77. The Morgan fingerprint density at radius 3 is 2.75 bits per heavy atom. The first kappa shape index (κ1) is 11.9. The lowest BCUT2D eigenvalue weighted by atomic mass is 9.70. The summed E-state index contributed by atoms with van der Waals surface area (Å²) in [6.45, 7) is 5.63. The van der Waals surface area contributed by atoms with Gasteiger partial charge in [0.2, 0.25) is 0 Å². The molecule has 0 amide bonds. The van der Waals surface area contributed by atoms with Crippen LogP contribution in [0.25, 0.3) is 0 Å². The Bertz CT molecular complexity index is 343. The molecule has 1 unspecified atom stereocenters. The number of nitrogens with zero attached hydrogens (tertiary/aromatic N) is 1. The van der Waals surface area contributed by atoms with Gasteiger partial charge in [-0.3, -0.25) is 0 Å². The van der Waals surface area contributed by atoms with Gasteiger partial charge in [0.1, 0.15) is 5.15 Å². The first-order valence-electron chi connectivity index (χ1n) is 5.94. The van der Waals surface area contributed by atoms with Crippen LogP contribution in [-0.2, 0) is 0 Å². The van der Waals surface area contributed by atoms with Crippen LogP contribution in [0, 0.1) is 5.41 Å². The normalized spacial score (nSPS) is 20.2. The summed E-state index contributed by atoms with van der Waals surface area (Å²) in [5.41, 5.74) is 1.72. The zero-order valence-electron chi connectivity index (χ0n) is 9.96. The Morgan fingerprint density at radius 2 is 2.25 bits per heavy atom. The van der Waals surface area contributed by atoms with Gasteiger partial charge in [-0.05, 0) is 36.8 Å². The third-order valence-electron chi connectivity index (χ3n) is 3.65. The molecule has 0 spiro atoms. The van der Waals surface area contributed by atoms with Gasteiger partial charge in [-0.2, -0.15) is 0 Å². The van der Waals surface area contributed by atoms with Gasteiger partial charge in [0, 0.05) is 18.8 Å². The third-order valence-corrected chi connectivity index (χ3v) is 3.87. The highest BCUT2D eigenvalue weighted by atomic mass is 35.5. The standard InChI is InChI=1S/C13H19ClN2/c1-10(11-4-5-12(14)15-8-11)16-9-13(2)6-3-7-13/h4-5,8,10,16H,3,6-7,9H2,1-2H3. The van der Waals surface area contributed by atoms with E-state index >= 15 is 0 Å². The zero-order chi connectivity index (χ0) is 11.6. The van der Waals surface area contributed by atoms with Crippen molar-refractivity contribution < 1.29 is 0 Å². The van der Waals surface area contributed by atoms with Crippen molar-refractivity contribution in [3.05, 3.63) is 29.0 Å². The van der Waals surface area contributed by atoms with Crippen LogP contribution in [-0.4, -0.2) is 11.5 Å². The molecule has 1 aromatic rings. The maximum Gasteiger partial charge on any atom is 0.129 e. The van der Waals surface area contributed by atoms with Crippen molar-refractivity contribution in [2.24, 2.45) is 5.41 Å². The molecule has 1 aromatic heterocycles. The number of nitrogens with one attached hydrogen (secondary N) is 1. The SMILES string of the molecule is CC(NCC1(C)CCC1)c1ccc(Cl)nc1. The molecule has 0 bridgehead atoms. The highest BCUT2D eigenvalue weighted by molar-refractivity contribution is 6.29. The molecule has 1 heterocycles. The fourth-order valence-corrected chi connectivity index (χ4v) is 2.23. The Kier molecular flexibility index (Phi) is 3.50. The van der Waals surface area contributed by atoms with E-state index in [1.165, 1.54) is 24.8 Å². The second-order valence-corrected chi connectivity index (χ2v) is 5.57. The quantitative estimate of drug-likeness (QED) is 0.812. The van der Waals surface area contributed by atoms with Gasteiger partial charge in [-0.25, -0.2) is 4.98 Å². The van der Waals surface area contributed by atoms with Gasteiger partial charge in [-0.1, -0.05) is 31.0 Å². The molecule has 0 aliphatic heterocycles. The van der Waals surface area contributed by atoms with Gasteiger partial charge in [0.25, 0.3) is 0 Å². The highest BCUT2D eigenvalue weighted by Gasteiger charge is 2.31. The van der Waals surface area contributed by atoms with Crippen molar-refractivity contribution in [2.75, 3.05) is 6.54 Å². The molecule has 1 fully saturated rings. The van der Waals surface area contributed by atoms with E-state index < -0.39 is 0 Å². The number of hydrogen-bond acceptors (Lipinski definition) is 2. The number of aromatic nitrogens is 1. The van der Waals surface area contributed by atoms with E-state index in [0.29, 0.717) is 16.6 Å². The van der Waals surface area contributed by atoms with Crippen LogP contribution < -0.4 is 5.32 Å². The van der Waals surface area contributed by atoms with Crippen LogP contribution in [0.2, 0.25) is 5.15 Å². The van der Waals surface area contributed by atoms with Crippen LogP contribution in [0.3, 0.4) is 0 Å². The molecule has 0 saturated heterocycles. The molecule has 3 heteroatoms. The topological polar surface area (TPSA) is 24.9 Å². The summed E-state index contributed by atoms with van der Waals surface area (Å²) in [5.74, 6) is 0. The summed E-state index contributed by atoms with van der Waals surface area (Å²) in [6.07, 6.45) is 5.94. The van der Waals surface area contributed by atoms with Gasteiger partial charge in [-0.15, -0.1) is 0 Å². The van der Waals surface area contributed by atoms with Crippen LogP contribution >= 0.6 is 11.6 Å². The fourth-order valence-electron chi connectivity index (χ4n) is 2.12. The summed E-state index contributed by atoms with van der Waals surface area (Å²) < 4.78 is 0. The number of hydrogen-bond donors (Lipinski definition) is 1. The van der Waals surface area contributed by atoms with E-state index in [4.69, 9.17) is 11.6 Å². The molecule has 2 nitrogen and oxygen atoms in total. The monoisotopic (exact) mass is 238 g/mol. The number of pyridine rings is 1. The average molecular weight is 239 g/mol. The summed E-state index contributed by atoms with van der Waals surface area (Å²) in [5, 5.41) is 4.14. The molecule has 1 N–H and O–H groups in total. The van der Waals surface area contributed by atoms with E-state index in [9.17, 15) is 0 Å². The van der Waals surface area contributed by atoms with E-state index in [-0.39, 0.29) is 0 Å². The minimum Gasteiger partial charge on any atom is -0.310 e. The predicted octanol–water partition coefficient (Wildman–Crippen LogP) is 3.58. The first-order chi connectivity index (χ1) is 7.59. The molecule has 0 aromatic carbocycles. The fraction of sp³-hybridized carbons (Fsp3) is 0.615. The Balaban J connectivity index is 1.87. The molecule has 0 radical (unpaired) electrons. The van der Waals surface area contributed by atoms with E-state index in [0.717, 1.165) is 6.54 Å². The first-order valence-corrected chi connectivity index (χ1v) is 6.32. The highest BCUT2D eigenvalue weighted by Crippen LogP contribution is 2.39. The lowest BCUT2D eigenvalue weighted by molar-refractivity contribution is 0.152. The van der Waals surface area contributed by atoms with E-state index in [1.54, 1.807) is 0 Å². The number of rotatable bonds is 4. The lowest BCUT2D eigenvalue weighted by Gasteiger charge is -2.39. The van der Waals surface area contributed by atoms with Crippen molar-refractivity contribution in [3.8, 4) is 0 Å². The summed E-state index contributed by atoms with van der Waals surface area (Å²) in [4.78, 5) is 4.10. The molecular formula is C13H19ClN2. The van der Waals surface area contributed by atoms with Crippen molar-refractivity contribution in [1.29, 1.82) is 0 Å². The molecular weight excluding hydrogens is 220 g/mol. The van der Waals surface area contributed by atoms with Crippen LogP contribution in [0.4, 0.5) is 0 Å². The van der Waals surface area contributed by atoms with Crippen LogP contribution in [0.5, 0.6) is 0 Å². The molecule has 88 valence electrons. The molecule has 16 heavy (non-hydrogen) atoms. The third kappa shape index (κ3) is 2.74. The van der Waals surface area contributed by atoms with Gasteiger partial charge in [0.05, 0.1) is 0 Å². The largest absolute Gasteiger partial charge is 0.310 e. The minimum absolute atomic E-state index is 0.349. The Morgan fingerprint density at radius 1 is 1.50 bits per heavy atom. The smallest absolute Gasteiger partial charge is 0.129 e. The zero-order valence-corrected chi connectivity index (χ0v) is 10.7. The van der Waals surface area contributed by atoms with E-state index in [2.05, 4.69) is 24.1 Å². The van der Waals surface area contributed by atoms with Crippen LogP contribution in [0.1, 0.15) is 44.7 Å². The van der Waals surface area contributed by atoms with Crippen molar-refractivity contribution in [2.45, 2.75) is 39.2 Å². The van der Waals surface area contributed by atoms with Gasteiger partial charge < -0.3 is 5.32 Å². The Hall–Kier alpha value is -0.600. The number of halogens is 1. The molecule has 1 atom stereocenters. The van der Waals surface area contributed by atoms with Crippen molar-refractivity contribution >= 4 is 11.6 Å². The predicted molar refractivity (Wildman–Crippen MR) is 67.6 cm³/mol. The second-order valence-electron chi connectivity index (χ2n) is 5.18. The molecule has 2 rings (SSSR count). The van der Waals surface area contributed by atoms with Gasteiger partial charge in [0.15, 0.2) is 0 Å². The molecule has 1 saturated carbocycles. The van der Waals surface area contributed by atoms with Gasteiger partial charge >= 0.3 is 0 Å².